The zero-order valence-electron chi connectivity index (χ0n) is 19.6. The van der Waals surface area contributed by atoms with E-state index in [1.54, 1.807) is 24.3 Å². The van der Waals surface area contributed by atoms with Gasteiger partial charge < -0.3 is 25.0 Å². The molecule has 0 bridgehead atoms. The Bertz CT molecular complexity index is 1230. The van der Waals surface area contributed by atoms with E-state index in [9.17, 15) is 9.18 Å². The quantitative estimate of drug-likeness (QED) is 0.415. The number of ether oxygens (including phenoxy) is 2. The molecule has 35 heavy (non-hydrogen) atoms. The summed E-state index contributed by atoms with van der Waals surface area (Å²) >= 11 is 5.92. The van der Waals surface area contributed by atoms with Gasteiger partial charge in [0.15, 0.2) is 0 Å². The molecule has 1 aliphatic rings. The predicted octanol–water partition coefficient (Wildman–Crippen LogP) is 4.64. The Morgan fingerprint density at radius 1 is 1.31 bits per heavy atom. The van der Waals surface area contributed by atoms with Crippen molar-refractivity contribution < 1.29 is 18.7 Å². The van der Waals surface area contributed by atoms with E-state index in [-0.39, 0.29) is 10.9 Å². The third kappa shape index (κ3) is 6.66. The highest BCUT2D eigenvalue weighted by atomic mass is 35.5. The lowest BCUT2D eigenvalue weighted by Crippen LogP contribution is -2.15. The highest BCUT2D eigenvalue weighted by Gasteiger charge is 2.19. The number of hydrogen-bond donors (Lipinski definition) is 2. The maximum Gasteiger partial charge on any atom is 0.248 e. The summed E-state index contributed by atoms with van der Waals surface area (Å²) in [4.78, 5) is 23.3. The molecule has 10 heteroatoms. The van der Waals surface area contributed by atoms with Gasteiger partial charge in [0.05, 0.1) is 29.4 Å². The summed E-state index contributed by atoms with van der Waals surface area (Å²) in [5.74, 6) is 0.490. The van der Waals surface area contributed by atoms with E-state index in [1.807, 2.05) is 19.0 Å². The van der Waals surface area contributed by atoms with Gasteiger partial charge in [-0.05, 0) is 44.8 Å². The number of anilines is 3. The maximum absolute atomic E-state index is 13.6. The van der Waals surface area contributed by atoms with Crippen molar-refractivity contribution in [3.05, 3.63) is 59.7 Å². The predicted molar refractivity (Wildman–Crippen MR) is 135 cm³/mol. The Kier molecular flexibility index (Phi) is 8.12. The van der Waals surface area contributed by atoms with E-state index in [2.05, 4.69) is 20.6 Å². The standard InChI is InChI=1S/C25H27ClFN5O3/c1-32(2)8-3-4-24(33)31-22-11-18-21(12-23(22)35-14-16-7-9-34-13-16)28-15-29-25(18)30-17-5-6-20(27)19(26)10-17/h3-6,10-12,15-16H,7-9,13-14H2,1-2H3,(H,31,33)(H,28,29,30)/b4-3+. The van der Waals surface area contributed by atoms with Crippen molar-refractivity contribution in [2.45, 2.75) is 6.42 Å². The van der Waals surface area contributed by atoms with E-state index < -0.39 is 5.82 Å². The van der Waals surface area contributed by atoms with Crippen LogP contribution >= 0.6 is 11.6 Å². The fourth-order valence-corrected chi connectivity index (χ4v) is 3.76. The van der Waals surface area contributed by atoms with Gasteiger partial charge in [-0.15, -0.1) is 0 Å². The molecule has 0 saturated carbocycles. The molecule has 1 atom stereocenters. The van der Waals surface area contributed by atoms with Crippen LogP contribution in [0.1, 0.15) is 6.42 Å². The highest BCUT2D eigenvalue weighted by molar-refractivity contribution is 6.31. The van der Waals surface area contributed by atoms with E-state index in [1.165, 1.54) is 24.5 Å². The van der Waals surface area contributed by atoms with Crippen LogP contribution in [0.25, 0.3) is 10.9 Å². The first-order valence-corrected chi connectivity index (χ1v) is 11.6. The lowest BCUT2D eigenvalue weighted by Gasteiger charge is -2.16. The van der Waals surface area contributed by atoms with E-state index in [0.29, 0.717) is 59.5 Å². The summed E-state index contributed by atoms with van der Waals surface area (Å²) in [6.45, 7) is 2.48. The first-order chi connectivity index (χ1) is 16.9. The molecule has 2 aromatic carbocycles. The summed E-state index contributed by atoms with van der Waals surface area (Å²) in [5.41, 5.74) is 1.68. The molecule has 3 aromatic rings. The minimum atomic E-state index is -0.508. The number of carbonyl (C=O) groups is 1. The Hall–Kier alpha value is -3.27. The minimum absolute atomic E-state index is 0.00240. The average Bonchev–Trinajstić information content (AvgIpc) is 3.34. The first kappa shape index (κ1) is 24.8. The number of rotatable bonds is 9. The third-order valence-corrected chi connectivity index (χ3v) is 5.70. The molecule has 1 aromatic heterocycles. The maximum atomic E-state index is 13.6. The molecule has 0 radical (unpaired) electrons. The first-order valence-electron chi connectivity index (χ1n) is 11.2. The van der Waals surface area contributed by atoms with Gasteiger partial charge in [-0.3, -0.25) is 4.79 Å². The largest absolute Gasteiger partial charge is 0.491 e. The van der Waals surface area contributed by atoms with Crippen molar-refractivity contribution in [3.8, 4) is 5.75 Å². The van der Waals surface area contributed by atoms with Gasteiger partial charge in [0, 0.05) is 42.3 Å². The van der Waals surface area contributed by atoms with Gasteiger partial charge in [-0.2, -0.15) is 0 Å². The zero-order valence-corrected chi connectivity index (χ0v) is 20.3. The summed E-state index contributed by atoms with van der Waals surface area (Å²) in [5, 5.41) is 6.70. The lowest BCUT2D eigenvalue weighted by molar-refractivity contribution is -0.111. The van der Waals surface area contributed by atoms with Crippen LogP contribution in [0, 0.1) is 11.7 Å². The van der Waals surface area contributed by atoms with Crippen LogP contribution in [0.3, 0.4) is 0 Å². The molecule has 2 N–H and O–H groups in total. The van der Waals surface area contributed by atoms with Crippen LogP contribution < -0.4 is 15.4 Å². The second-order valence-corrected chi connectivity index (χ2v) is 8.94. The van der Waals surface area contributed by atoms with Gasteiger partial charge in [0.2, 0.25) is 5.91 Å². The van der Waals surface area contributed by atoms with Crippen molar-refractivity contribution >= 4 is 45.6 Å². The molecule has 0 aliphatic carbocycles. The molecular weight excluding hydrogens is 473 g/mol. The van der Waals surface area contributed by atoms with Crippen LogP contribution in [-0.4, -0.2) is 61.2 Å². The number of nitrogens with zero attached hydrogens (tertiary/aromatic N) is 3. The zero-order chi connectivity index (χ0) is 24.8. The minimum Gasteiger partial charge on any atom is -0.491 e. The van der Waals surface area contributed by atoms with E-state index >= 15 is 0 Å². The topological polar surface area (TPSA) is 88.6 Å². The lowest BCUT2D eigenvalue weighted by atomic mass is 10.1. The Balaban J connectivity index is 1.65. The normalized spacial score (nSPS) is 15.7. The summed E-state index contributed by atoms with van der Waals surface area (Å²) in [7, 11) is 3.85. The molecule has 0 spiro atoms. The van der Waals surface area contributed by atoms with Gasteiger partial charge in [-0.1, -0.05) is 17.7 Å². The number of hydrogen-bond acceptors (Lipinski definition) is 7. The Morgan fingerprint density at radius 3 is 2.91 bits per heavy atom. The van der Waals surface area contributed by atoms with Crippen LogP contribution in [0.5, 0.6) is 5.75 Å². The fourth-order valence-electron chi connectivity index (χ4n) is 3.58. The van der Waals surface area contributed by atoms with Crippen LogP contribution in [0.15, 0.2) is 48.8 Å². The summed E-state index contributed by atoms with van der Waals surface area (Å²) in [6, 6.07) is 7.85. The van der Waals surface area contributed by atoms with Crippen molar-refractivity contribution in [3.63, 3.8) is 0 Å². The monoisotopic (exact) mass is 499 g/mol. The Morgan fingerprint density at radius 2 is 2.17 bits per heavy atom. The molecule has 184 valence electrons. The van der Waals surface area contributed by atoms with Gasteiger partial charge in [0.1, 0.15) is 23.7 Å². The van der Waals surface area contributed by atoms with Gasteiger partial charge >= 0.3 is 0 Å². The number of amides is 1. The third-order valence-electron chi connectivity index (χ3n) is 5.42. The molecule has 8 nitrogen and oxygen atoms in total. The Labute approximate surface area is 208 Å². The number of benzene rings is 2. The van der Waals surface area contributed by atoms with Crippen molar-refractivity contribution in [1.82, 2.24) is 14.9 Å². The van der Waals surface area contributed by atoms with E-state index in [4.69, 9.17) is 21.1 Å². The molecule has 4 rings (SSSR count). The number of nitrogens with one attached hydrogen (secondary N) is 2. The number of fused-ring (bicyclic) bond motifs is 1. The molecule has 2 heterocycles. The van der Waals surface area contributed by atoms with Crippen molar-refractivity contribution in [2.24, 2.45) is 5.92 Å². The number of halogens is 2. The fraction of sp³-hybridized carbons (Fsp3) is 0.320. The van der Waals surface area contributed by atoms with E-state index in [0.717, 1.165) is 13.0 Å². The highest BCUT2D eigenvalue weighted by Crippen LogP contribution is 2.34. The molecule has 1 aliphatic heterocycles. The second-order valence-electron chi connectivity index (χ2n) is 8.54. The average molecular weight is 500 g/mol. The second kappa shape index (κ2) is 11.4. The molecule has 1 unspecified atom stereocenters. The summed E-state index contributed by atoms with van der Waals surface area (Å²) in [6.07, 6.45) is 5.62. The molecule has 1 fully saturated rings. The van der Waals surface area contributed by atoms with Crippen LogP contribution in [0.2, 0.25) is 5.02 Å². The van der Waals surface area contributed by atoms with Gasteiger partial charge in [0.25, 0.3) is 0 Å². The smallest absolute Gasteiger partial charge is 0.248 e. The number of likely N-dealkylation sites (N-methyl/N-ethyl adjacent to an activating group) is 1. The molecular formula is C25H27ClFN5O3. The van der Waals surface area contributed by atoms with Gasteiger partial charge in [-0.25, -0.2) is 14.4 Å². The molecule has 1 amide bonds. The SMILES string of the molecule is CN(C)C/C=C/C(=O)Nc1cc2c(Nc3ccc(F)c(Cl)c3)ncnc2cc1OCC1CCOC1. The van der Waals surface area contributed by atoms with Crippen molar-refractivity contribution in [1.29, 1.82) is 0 Å². The van der Waals surface area contributed by atoms with Crippen LogP contribution in [0.4, 0.5) is 21.6 Å². The van der Waals surface area contributed by atoms with Crippen molar-refractivity contribution in [2.75, 3.05) is 51.1 Å². The number of carbonyl (C=O) groups excluding carboxylic acids is 1. The summed E-state index contributed by atoms with van der Waals surface area (Å²) < 4.78 is 25.1. The number of aromatic nitrogens is 2. The van der Waals surface area contributed by atoms with Crippen LogP contribution in [-0.2, 0) is 9.53 Å². The molecule has 1 saturated heterocycles.